The first kappa shape index (κ1) is 12.1. The minimum Gasteiger partial charge on any atom is -0.506 e. The normalized spacial score (nSPS) is 11.5. The number of nitrogens with one attached hydrogen (secondary N) is 1. The molecule has 1 aromatic rings. The number of aliphatic hydroxyl groups excluding tert-OH is 1. The lowest BCUT2D eigenvalue weighted by Crippen LogP contribution is -2.26. The fourth-order valence-corrected chi connectivity index (χ4v) is 1.19. The second kappa shape index (κ2) is 4.73. The molecule has 0 fully saturated rings. The zero-order chi connectivity index (χ0) is 11.5. The smallest absolute Gasteiger partial charge is 0.134 e. The lowest BCUT2D eigenvalue weighted by atomic mass is 9.95. The highest BCUT2D eigenvalue weighted by atomic mass is 35.5. The third kappa shape index (κ3) is 3.61. The predicted octanol–water partition coefficient (Wildman–Crippen LogP) is 2.48. The summed E-state index contributed by atoms with van der Waals surface area (Å²) in [6.07, 6.45) is 0. The van der Waals surface area contributed by atoms with Gasteiger partial charge in [0.05, 0.1) is 5.02 Å². The summed E-state index contributed by atoms with van der Waals surface area (Å²) >= 11 is 5.76. The maximum Gasteiger partial charge on any atom is 0.134 e. The molecule has 0 saturated heterocycles. The second-order valence-corrected chi connectivity index (χ2v) is 4.75. The van der Waals surface area contributed by atoms with E-state index in [4.69, 9.17) is 16.7 Å². The lowest BCUT2D eigenvalue weighted by molar-refractivity contribution is 0.171. The minimum atomic E-state index is -0.176. The van der Waals surface area contributed by atoms with E-state index < -0.39 is 0 Å². The number of phenolic OH excluding ortho intramolecular Hbond substituents is 1. The van der Waals surface area contributed by atoms with Gasteiger partial charge in [-0.15, -0.1) is 0 Å². The lowest BCUT2D eigenvalue weighted by Gasteiger charge is -2.22. The first-order chi connectivity index (χ1) is 6.94. The van der Waals surface area contributed by atoms with Gasteiger partial charge in [-0.05, 0) is 18.2 Å². The van der Waals surface area contributed by atoms with Crippen LogP contribution in [0.2, 0.25) is 5.02 Å². The van der Waals surface area contributed by atoms with Crippen molar-refractivity contribution in [3.63, 3.8) is 0 Å². The first-order valence-corrected chi connectivity index (χ1v) is 5.16. The van der Waals surface area contributed by atoms with Crippen LogP contribution in [0.5, 0.6) is 5.75 Å². The van der Waals surface area contributed by atoms with E-state index in [1.54, 1.807) is 12.1 Å². The number of hydrogen-bond acceptors (Lipinski definition) is 3. The Hall–Kier alpha value is -0.930. The molecule has 0 aliphatic heterocycles. The monoisotopic (exact) mass is 229 g/mol. The van der Waals surface area contributed by atoms with Crippen molar-refractivity contribution in [3.8, 4) is 5.75 Å². The van der Waals surface area contributed by atoms with Crippen LogP contribution < -0.4 is 5.32 Å². The molecule has 0 spiro atoms. The van der Waals surface area contributed by atoms with Gasteiger partial charge in [0.25, 0.3) is 0 Å². The minimum absolute atomic E-state index is 0.0728. The number of aliphatic hydroxyl groups is 1. The Bertz CT molecular complexity index is 339. The van der Waals surface area contributed by atoms with Crippen LogP contribution in [-0.4, -0.2) is 23.4 Å². The van der Waals surface area contributed by atoms with Crippen LogP contribution in [0.1, 0.15) is 13.8 Å². The molecule has 0 radical (unpaired) electrons. The Kier molecular flexibility index (Phi) is 3.83. The summed E-state index contributed by atoms with van der Waals surface area (Å²) in [6, 6.07) is 4.94. The van der Waals surface area contributed by atoms with Crippen molar-refractivity contribution in [1.29, 1.82) is 0 Å². The average molecular weight is 230 g/mol. The molecule has 0 atom stereocenters. The van der Waals surface area contributed by atoms with Gasteiger partial charge in [0.15, 0.2) is 0 Å². The molecule has 3 N–H and O–H groups in total. The SMILES string of the molecule is CC(C)(CO)CNc1ccc(O)c(Cl)c1. The van der Waals surface area contributed by atoms with Gasteiger partial charge < -0.3 is 15.5 Å². The zero-order valence-electron chi connectivity index (χ0n) is 8.92. The molecule has 1 aromatic carbocycles. The average Bonchev–Trinajstić information content (AvgIpc) is 2.20. The first-order valence-electron chi connectivity index (χ1n) is 4.78. The Balaban J connectivity index is 2.62. The molecular formula is C11H16ClNO2. The Morgan fingerprint density at radius 1 is 1.40 bits per heavy atom. The Labute approximate surface area is 94.7 Å². The fourth-order valence-electron chi connectivity index (χ4n) is 1.01. The molecule has 0 saturated carbocycles. The van der Waals surface area contributed by atoms with Gasteiger partial charge in [0.1, 0.15) is 5.75 Å². The molecular weight excluding hydrogens is 214 g/mol. The van der Waals surface area contributed by atoms with E-state index in [1.165, 1.54) is 6.07 Å². The van der Waals surface area contributed by atoms with Crippen LogP contribution in [0.4, 0.5) is 5.69 Å². The zero-order valence-corrected chi connectivity index (χ0v) is 9.67. The van der Waals surface area contributed by atoms with Crippen molar-refractivity contribution in [1.82, 2.24) is 0 Å². The summed E-state index contributed by atoms with van der Waals surface area (Å²) < 4.78 is 0. The molecule has 3 nitrogen and oxygen atoms in total. The molecule has 15 heavy (non-hydrogen) atoms. The quantitative estimate of drug-likeness (QED) is 0.696. The molecule has 1 rings (SSSR count). The van der Waals surface area contributed by atoms with Gasteiger partial charge in [-0.1, -0.05) is 25.4 Å². The van der Waals surface area contributed by atoms with Gasteiger partial charge >= 0.3 is 0 Å². The Morgan fingerprint density at radius 2 is 2.07 bits per heavy atom. The number of rotatable bonds is 4. The molecule has 0 heterocycles. The van der Waals surface area contributed by atoms with Crippen LogP contribution in [0.3, 0.4) is 0 Å². The summed E-state index contributed by atoms with van der Waals surface area (Å²) in [6.45, 7) is 4.68. The van der Waals surface area contributed by atoms with Crippen molar-refractivity contribution in [2.45, 2.75) is 13.8 Å². The highest BCUT2D eigenvalue weighted by molar-refractivity contribution is 6.32. The molecule has 0 amide bonds. The van der Waals surface area contributed by atoms with Crippen LogP contribution in [0, 0.1) is 5.41 Å². The highest BCUT2D eigenvalue weighted by Gasteiger charge is 2.15. The third-order valence-corrected chi connectivity index (χ3v) is 2.45. The van der Waals surface area contributed by atoms with E-state index in [1.807, 2.05) is 13.8 Å². The van der Waals surface area contributed by atoms with Crippen LogP contribution in [0.25, 0.3) is 0 Å². The van der Waals surface area contributed by atoms with E-state index in [2.05, 4.69) is 5.32 Å². The maximum atomic E-state index is 9.22. The van der Waals surface area contributed by atoms with Crippen LogP contribution in [0.15, 0.2) is 18.2 Å². The standard InChI is InChI=1S/C11H16ClNO2/c1-11(2,7-14)6-13-8-3-4-10(15)9(12)5-8/h3-5,13-15H,6-7H2,1-2H3. The van der Waals surface area contributed by atoms with Crippen LogP contribution >= 0.6 is 11.6 Å². The van der Waals surface area contributed by atoms with Gasteiger partial charge in [0, 0.05) is 24.3 Å². The summed E-state index contributed by atoms with van der Waals surface area (Å²) in [4.78, 5) is 0. The highest BCUT2D eigenvalue weighted by Crippen LogP contribution is 2.26. The molecule has 0 aliphatic carbocycles. The predicted molar refractivity (Wildman–Crippen MR) is 62.5 cm³/mol. The van der Waals surface area contributed by atoms with Gasteiger partial charge in [-0.3, -0.25) is 0 Å². The molecule has 0 bridgehead atoms. The van der Waals surface area contributed by atoms with E-state index >= 15 is 0 Å². The van der Waals surface area contributed by atoms with E-state index in [-0.39, 0.29) is 17.8 Å². The number of halogens is 1. The Morgan fingerprint density at radius 3 is 2.60 bits per heavy atom. The van der Waals surface area contributed by atoms with Crippen LogP contribution in [-0.2, 0) is 0 Å². The van der Waals surface area contributed by atoms with Crippen molar-refractivity contribution >= 4 is 17.3 Å². The summed E-state index contributed by atoms with van der Waals surface area (Å²) in [7, 11) is 0. The molecule has 4 heteroatoms. The van der Waals surface area contributed by atoms with E-state index in [0.717, 1.165) is 5.69 Å². The molecule has 0 aliphatic rings. The summed E-state index contributed by atoms with van der Waals surface area (Å²) in [5.74, 6) is 0.0728. The van der Waals surface area contributed by atoms with Crippen molar-refractivity contribution in [2.24, 2.45) is 5.41 Å². The van der Waals surface area contributed by atoms with E-state index in [0.29, 0.717) is 11.6 Å². The van der Waals surface area contributed by atoms with Crippen molar-refractivity contribution in [2.75, 3.05) is 18.5 Å². The van der Waals surface area contributed by atoms with Gasteiger partial charge in [0.2, 0.25) is 0 Å². The molecule has 0 unspecified atom stereocenters. The summed E-state index contributed by atoms with van der Waals surface area (Å²) in [5.41, 5.74) is 0.656. The van der Waals surface area contributed by atoms with Crippen molar-refractivity contribution < 1.29 is 10.2 Å². The van der Waals surface area contributed by atoms with Crippen molar-refractivity contribution in [3.05, 3.63) is 23.2 Å². The number of benzene rings is 1. The number of phenols is 1. The number of aromatic hydroxyl groups is 1. The largest absolute Gasteiger partial charge is 0.506 e. The van der Waals surface area contributed by atoms with Gasteiger partial charge in [-0.2, -0.15) is 0 Å². The number of anilines is 1. The molecule has 84 valence electrons. The van der Waals surface area contributed by atoms with Gasteiger partial charge in [-0.25, -0.2) is 0 Å². The topological polar surface area (TPSA) is 52.5 Å². The van der Waals surface area contributed by atoms with E-state index in [9.17, 15) is 5.11 Å². The molecule has 0 aromatic heterocycles. The third-order valence-electron chi connectivity index (χ3n) is 2.15. The number of hydrogen-bond donors (Lipinski definition) is 3. The maximum absolute atomic E-state index is 9.22. The fraction of sp³-hybridized carbons (Fsp3) is 0.455. The summed E-state index contributed by atoms with van der Waals surface area (Å²) in [5, 5.41) is 21.8. The second-order valence-electron chi connectivity index (χ2n) is 4.34.